The highest BCUT2D eigenvalue weighted by atomic mass is 15.1. The zero-order valence-corrected chi connectivity index (χ0v) is 39.0. The first-order valence-electron chi connectivity index (χ1n) is 23.9. The van der Waals surface area contributed by atoms with Crippen LogP contribution in [0.25, 0.3) is 66.1 Å². The first-order valence-corrected chi connectivity index (χ1v) is 23.9. The Labute approximate surface area is 387 Å². The molecule has 1 aliphatic rings. The van der Waals surface area contributed by atoms with Crippen molar-refractivity contribution in [3.05, 3.63) is 211 Å². The first-order chi connectivity index (χ1) is 31.5. The lowest BCUT2D eigenvalue weighted by molar-refractivity contribution is 0.445. The van der Waals surface area contributed by atoms with Crippen molar-refractivity contribution in [2.75, 3.05) is 4.90 Å². The van der Waals surface area contributed by atoms with E-state index in [1.807, 2.05) is 0 Å². The van der Waals surface area contributed by atoms with Crippen LogP contribution in [0.1, 0.15) is 96.3 Å². The Morgan fingerprint density at radius 1 is 0.354 bits per heavy atom. The highest BCUT2D eigenvalue weighted by Crippen LogP contribution is 2.51. The summed E-state index contributed by atoms with van der Waals surface area (Å²) in [7, 11) is 0. The molecular weight excluding hydrogens is 783 g/mol. The Balaban J connectivity index is 1.29. The molecule has 0 unspecified atom stereocenters. The minimum absolute atomic E-state index is 0.0287. The van der Waals surface area contributed by atoms with Crippen molar-refractivity contribution in [2.24, 2.45) is 0 Å². The van der Waals surface area contributed by atoms with Crippen LogP contribution in [0.2, 0.25) is 0 Å². The van der Waals surface area contributed by atoms with Gasteiger partial charge in [0, 0.05) is 16.7 Å². The molecule has 0 aliphatic heterocycles. The Kier molecular flexibility index (Phi) is 11.3. The standard InChI is InChI=1S/C64H61N/c1-63(2,3)49-41-48(42-50(43-49)64(4,5)6)51-31-13-16-38-58(51)65(59-39-17-14-32-54(59)56-36-21-29-46-27-19-34-52(61(46)56)44-23-9-7-10-24-44)60-40-18-15-33-55(60)57-37-22-30-47-28-20-35-53(62(47)57)45-25-11-8-12-26-45/h7,9-10,13-24,27-43,45H,8,11-12,25-26H2,1-6H3. The summed E-state index contributed by atoms with van der Waals surface area (Å²) in [6.07, 6.45) is 6.44. The number of hydrogen-bond acceptors (Lipinski definition) is 1. The molecule has 0 heterocycles. The highest BCUT2D eigenvalue weighted by molar-refractivity contribution is 6.10. The van der Waals surface area contributed by atoms with Gasteiger partial charge in [0.05, 0.1) is 17.1 Å². The lowest BCUT2D eigenvalue weighted by Gasteiger charge is -2.33. The van der Waals surface area contributed by atoms with E-state index < -0.39 is 0 Å². The third-order valence-corrected chi connectivity index (χ3v) is 14.0. The number of nitrogens with zero attached hydrogens (tertiary/aromatic N) is 1. The van der Waals surface area contributed by atoms with Crippen LogP contribution in [0.3, 0.4) is 0 Å². The molecule has 1 nitrogen and oxygen atoms in total. The predicted octanol–water partition coefficient (Wildman–Crippen LogP) is 18.8. The Bertz CT molecular complexity index is 3110. The molecule has 1 heteroatoms. The summed E-state index contributed by atoms with van der Waals surface area (Å²) < 4.78 is 0. The summed E-state index contributed by atoms with van der Waals surface area (Å²) in [5.74, 6) is 0.565. The number of para-hydroxylation sites is 3. The van der Waals surface area contributed by atoms with Crippen molar-refractivity contribution >= 4 is 38.6 Å². The summed E-state index contributed by atoms with van der Waals surface area (Å²) in [6.45, 7) is 14.0. The van der Waals surface area contributed by atoms with Crippen molar-refractivity contribution in [1.82, 2.24) is 0 Å². The van der Waals surface area contributed by atoms with E-state index in [-0.39, 0.29) is 10.8 Å². The quantitative estimate of drug-likeness (QED) is 0.147. The second-order valence-corrected chi connectivity index (χ2v) is 20.3. The van der Waals surface area contributed by atoms with Crippen LogP contribution in [-0.4, -0.2) is 0 Å². The molecule has 9 aromatic carbocycles. The van der Waals surface area contributed by atoms with Crippen molar-refractivity contribution in [2.45, 2.75) is 90.4 Å². The third-order valence-electron chi connectivity index (χ3n) is 14.0. The molecule has 0 spiro atoms. The average molecular weight is 844 g/mol. The van der Waals surface area contributed by atoms with Crippen LogP contribution in [0.5, 0.6) is 0 Å². The van der Waals surface area contributed by atoms with E-state index in [1.54, 1.807) is 0 Å². The highest BCUT2D eigenvalue weighted by Gasteiger charge is 2.28. The van der Waals surface area contributed by atoms with Gasteiger partial charge in [-0.15, -0.1) is 0 Å². The zero-order chi connectivity index (χ0) is 44.7. The lowest BCUT2D eigenvalue weighted by atomic mass is 9.78. The summed E-state index contributed by atoms with van der Waals surface area (Å²) in [6, 6.07) is 73.1. The van der Waals surface area contributed by atoms with Gasteiger partial charge >= 0.3 is 0 Å². The average Bonchev–Trinajstić information content (AvgIpc) is 3.34. The lowest BCUT2D eigenvalue weighted by Crippen LogP contribution is -2.17. The number of anilines is 3. The molecule has 1 fully saturated rings. The second kappa shape index (κ2) is 17.4. The molecular formula is C64H61N. The van der Waals surface area contributed by atoms with Crippen molar-refractivity contribution in [3.63, 3.8) is 0 Å². The molecule has 9 aromatic rings. The molecule has 10 rings (SSSR count). The second-order valence-electron chi connectivity index (χ2n) is 20.3. The van der Waals surface area contributed by atoms with Crippen molar-refractivity contribution < 1.29 is 0 Å². The zero-order valence-electron chi connectivity index (χ0n) is 39.0. The molecule has 0 bridgehead atoms. The topological polar surface area (TPSA) is 3.24 Å². The fraction of sp³-hybridized carbons (Fsp3) is 0.219. The minimum atomic E-state index is -0.0287. The predicted molar refractivity (Wildman–Crippen MR) is 281 cm³/mol. The maximum absolute atomic E-state index is 2.59. The maximum atomic E-state index is 2.59. The van der Waals surface area contributed by atoms with Gasteiger partial charge in [0.15, 0.2) is 0 Å². The molecule has 65 heavy (non-hydrogen) atoms. The van der Waals surface area contributed by atoms with E-state index in [9.17, 15) is 0 Å². The summed E-state index contributed by atoms with van der Waals surface area (Å²) in [5, 5.41) is 5.19. The van der Waals surface area contributed by atoms with E-state index in [0.717, 1.165) is 17.1 Å². The minimum Gasteiger partial charge on any atom is -0.309 e. The van der Waals surface area contributed by atoms with Crippen LogP contribution in [0.15, 0.2) is 194 Å². The first kappa shape index (κ1) is 42.3. The molecule has 322 valence electrons. The van der Waals surface area contributed by atoms with Crippen LogP contribution >= 0.6 is 0 Å². The van der Waals surface area contributed by atoms with Gasteiger partial charge in [0.2, 0.25) is 0 Å². The molecule has 0 atom stereocenters. The van der Waals surface area contributed by atoms with Gasteiger partial charge in [0.1, 0.15) is 0 Å². The van der Waals surface area contributed by atoms with Gasteiger partial charge in [-0.1, -0.05) is 237 Å². The van der Waals surface area contributed by atoms with E-state index in [2.05, 4.69) is 241 Å². The van der Waals surface area contributed by atoms with Crippen molar-refractivity contribution in [3.8, 4) is 44.5 Å². The van der Waals surface area contributed by atoms with Crippen LogP contribution < -0.4 is 4.90 Å². The molecule has 0 amide bonds. The van der Waals surface area contributed by atoms with Gasteiger partial charge in [-0.05, 0) is 114 Å². The molecule has 0 N–H and O–H groups in total. The van der Waals surface area contributed by atoms with Gasteiger partial charge in [-0.3, -0.25) is 0 Å². The van der Waals surface area contributed by atoms with Gasteiger partial charge in [-0.2, -0.15) is 0 Å². The van der Waals surface area contributed by atoms with Crippen LogP contribution in [-0.2, 0) is 10.8 Å². The summed E-state index contributed by atoms with van der Waals surface area (Å²) in [5.41, 5.74) is 17.4. The van der Waals surface area contributed by atoms with E-state index in [1.165, 1.54) is 115 Å². The van der Waals surface area contributed by atoms with E-state index >= 15 is 0 Å². The van der Waals surface area contributed by atoms with Crippen molar-refractivity contribution in [1.29, 1.82) is 0 Å². The smallest absolute Gasteiger partial charge is 0.0540 e. The Morgan fingerprint density at radius 2 is 0.785 bits per heavy atom. The fourth-order valence-corrected chi connectivity index (χ4v) is 10.5. The largest absolute Gasteiger partial charge is 0.309 e. The monoisotopic (exact) mass is 843 g/mol. The van der Waals surface area contributed by atoms with Gasteiger partial charge in [0.25, 0.3) is 0 Å². The molecule has 1 aliphatic carbocycles. The number of fused-ring (bicyclic) bond motifs is 2. The molecule has 0 saturated heterocycles. The Hall–Kier alpha value is -6.70. The van der Waals surface area contributed by atoms with E-state index in [0.29, 0.717) is 5.92 Å². The van der Waals surface area contributed by atoms with Crippen LogP contribution in [0.4, 0.5) is 17.1 Å². The normalized spacial score (nSPS) is 13.6. The Morgan fingerprint density at radius 3 is 1.34 bits per heavy atom. The summed E-state index contributed by atoms with van der Waals surface area (Å²) in [4.78, 5) is 2.59. The van der Waals surface area contributed by atoms with Crippen LogP contribution in [0, 0.1) is 0 Å². The third kappa shape index (κ3) is 8.19. The molecule has 0 aromatic heterocycles. The van der Waals surface area contributed by atoms with Gasteiger partial charge in [-0.25, -0.2) is 0 Å². The summed E-state index contributed by atoms with van der Waals surface area (Å²) >= 11 is 0. The molecule has 1 saturated carbocycles. The molecule has 0 radical (unpaired) electrons. The number of hydrogen-bond donors (Lipinski definition) is 0. The van der Waals surface area contributed by atoms with Gasteiger partial charge < -0.3 is 4.90 Å². The van der Waals surface area contributed by atoms with E-state index in [4.69, 9.17) is 0 Å². The SMILES string of the molecule is CC(C)(C)c1cc(-c2ccccc2N(c2ccccc2-c2cccc3cccc(-c4ccccc4)c23)c2ccccc2-c2cccc3cccc(C4CCCCC4)c23)cc(C(C)(C)C)c1. The maximum Gasteiger partial charge on any atom is 0.0540 e. The number of rotatable bonds is 8. The fourth-order valence-electron chi connectivity index (χ4n) is 10.5. The number of benzene rings is 9.